The van der Waals surface area contributed by atoms with Gasteiger partial charge in [0.2, 0.25) is 11.8 Å². The SMILES string of the molecule is [B]Cc1ccc(NC(=O)CNC(=O)COCCNC)cc1. The minimum atomic E-state index is -0.320. The molecule has 2 radical (unpaired) electrons. The molecule has 0 aromatic heterocycles. The van der Waals surface area contributed by atoms with Crippen LogP contribution in [0.25, 0.3) is 0 Å². The van der Waals surface area contributed by atoms with Crippen molar-refractivity contribution in [2.45, 2.75) is 6.32 Å². The van der Waals surface area contributed by atoms with Crippen LogP contribution in [0, 0.1) is 0 Å². The number of carbonyl (C=O) groups excluding carboxylic acids is 2. The van der Waals surface area contributed by atoms with Crippen molar-refractivity contribution in [3.8, 4) is 0 Å². The number of likely N-dealkylation sites (N-methyl/N-ethyl adjacent to an activating group) is 1. The fraction of sp³-hybridized carbons (Fsp3) is 0.429. The summed E-state index contributed by atoms with van der Waals surface area (Å²) in [5.41, 5.74) is 1.65. The van der Waals surface area contributed by atoms with Gasteiger partial charge in [-0.25, -0.2) is 0 Å². The van der Waals surface area contributed by atoms with Crippen molar-refractivity contribution >= 4 is 25.3 Å². The molecule has 0 bridgehead atoms. The molecule has 0 atom stereocenters. The maximum absolute atomic E-state index is 11.6. The second-order valence-electron chi connectivity index (χ2n) is 4.38. The maximum atomic E-state index is 11.6. The molecule has 112 valence electrons. The summed E-state index contributed by atoms with van der Waals surface area (Å²) in [6.45, 7) is 0.975. The lowest BCUT2D eigenvalue weighted by Crippen LogP contribution is -2.35. The lowest BCUT2D eigenvalue weighted by atomic mass is 9.97. The summed E-state index contributed by atoms with van der Waals surface area (Å²) in [6, 6.07) is 7.21. The Kier molecular flexibility index (Phi) is 8.15. The first-order chi connectivity index (χ1) is 10.2. The Bertz CT molecular complexity index is 451. The molecular weight excluding hydrogens is 269 g/mol. The van der Waals surface area contributed by atoms with Crippen LogP contribution in [-0.2, 0) is 20.6 Å². The Labute approximate surface area is 126 Å². The van der Waals surface area contributed by atoms with E-state index in [9.17, 15) is 9.59 Å². The summed E-state index contributed by atoms with van der Waals surface area (Å²) >= 11 is 0. The summed E-state index contributed by atoms with van der Waals surface area (Å²) in [4.78, 5) is 23.0. The standard InChI is InChI=1S/C14H20BN3O3/c1-16-6-7-21-10-14(20)17-9-13(19)18-12-4-2-11(8-15)3-5-12/h2-5,16H,6-10H2,1H3,(H,17,20)(H,18,19). The third kappa shape index (κ3) is 7.48. The fourth-order valence-electron chi connectivity index (χ4n) is 1.50. The Morgan fingerprint density at radius 2 is 1.90 bits per heavy atom. The maximum Gasteiger partial charge on any atom is 0.246 e. The smallest absolute Gasteiger partial charge is 0.246 e. The summed E-state index contributed by atoms with van der Waals surface area (Å²) in [5.74, 6) is -0.612. The van der Waals surface area contributed by atoms with Crippen LogP contribution < -0.4 is 16.0 Å². The van der Waals surface area contributed by atoms with E-state index in [-0.39, 0.29) is 25.0 Å². The van der Waals surface area contributed by atoms with Crippen LogP contribution in [0.3, 0.4) is 0 Å². The molecule has 0 fully saturated rings. The van der Waals surface area contributed by atoms with E-state index in [1.54, 1.807) is 19.2 Å². The van der Waals surface area contributed by atoms with Crippen molar-refractivity contribution in [3.63, 3.8) is 0 Å². The van der Waals surface area contributed by atoms with Crippen LogP contribution >= 0.6 is 0 Å². The average molecular weight is 289 g/mol. The first-order valence-electron chi connectivity index (χ1n) is 6.73. The predicted octanol–water partition coefficient (Wildman–Crippen LogP) is -0.354. The van der Waals surface area contributed by atoms with Gasteiger partial charge in [0.15, 0.2) is 0 Å². The molecule has 0 aliphatic rings. The number of ether oxygens (including phenoxy) is 1. The van der Waals surface area contributed by atoms with Gasteiger partial charge in [-0.15, -0.1) is 0 Å². The highest BCUT2D eigenvalue weighted by Crippen LogP contribution is 2.08. The molecule has 0 saturated carbocycles. The second kappa shape index (κ2) is 9.96. The number of anilines is 1. The molecular formula is C14H20BN3O3. The van der Waals surface area contributed by atoms with E-state index in [0.717, 1.165) is 5.56 Å². The van der Waals surface area contributed by atoms with Gasteiger partial charge < -0.3 is 20.7 Å². The third-order valence-corrected chi connectivity index (χ3v) is 2.65. The molecule has 0 unspecified atom stereocenters. The number of benzene rings is 1. The van der Waals surface area contributed by atoms with Gasteiger partial charge in [0.1, 0.15) is 6.61 Å². The van der Waals surface area contributed by atoms with Crippen LogP contribution in [0.15, 0.2) is 24.3 Å². The van der Waals surface area contributed by atoms with Crippen molar-refractivity contribution in [1.82, 2.24) is 10.6 Å². The topological polar surface area (TPSA) is 79.5 Å². The number of carbonyl (C=O) groups is 2. The van der Waals surface area contributed by atoms with Crippen LogP contribution in [0.2, 0.25) is 0 Å². The molecule has 2 amide bonds. The summed E-state index contributed by atoms with van der Waals surface area (Å²) in [5, 5.41) is 8.06. The molecule has 0 aliphatic carbocycles. The molecule has 0 saturated heterocycles. The zero-order valence-corrected chi connectivity index (χ0v) is 12.1. The molecule has 0 spiro atoms. The minimum absolute atomic E-state index is 0.0554. The van der Waals surface area contributed by atoms with Gasteiger partial charge in [-0.05, 0) is 19.2 Å². The third-order valence-electron chi connectivity index (χ3n) is 2.65. The predicted molar refractivity (Wildman–Crippen MR) is 82.3 cm³/mol. The van der Waals surface area contributed by atoms with Crippen molar-refractivity contribution in [2.75, 3.05) is 38.7 Å². The zero-order valence-electron chi connectivity index (χ0n) is 12.1. The van der Waals surface area contributed by atoms with Gasteiger partial charge in [0.05, 0.1) is 21.0 Å². The van der Waals surface area contributed by atoms with E-state index < -0.39 is 0 Å². The van der Waals surface area contributed by atoms with E-state index in [0.29, 0.717) is 25.2 Å². The lowest BCUT2D eigenvalue weighted by Gasteiger charge is -2.08. The monoisotopic (exact) mass is 289 g/mol. The quantitative estimate of drug-likeness (QED) is 0.429. The Morgan fingerprint density at radius 1 is 1.19 bits per heavy atom. The zero-order chi connectivity index (χ0) is 15.5. The number of rotatable bonds is 9. The number of amides is 2. The first-order valence-corrected chi connectivity index (χ1v) is 6.73. The van der Waals surface area contributed by atoms with Crippen molar-refractivity contribution in [2.24, 2.45) is 0 Å². The van der Waals surface area contributed by atoms with Crippen LogP contribution in [-0.4, -0.2) is 53.0 Å². The highest BCUT2D eigenvalue weighted by molar-refractivity contribution is 6.08. The minimum Gasteiger partial charge on any atom is -0.370 e. The molecule has 21 heavy (non-hydrogen) atoms. The van der Waals surface area contributed by atoms with Crippen molar-refractivity contribution in [1.29, 1.82) is 0 Å². The van der Waals surface area contributed by atoms with Crippen molar-refractivity contribution in [3.05, 3.63) is 29.8 Å². The molecule has 1 aromatic rings. The molecule has 0 aliphatic heterocycles. The lowest BCUT2D eigenvalue weighted by molar-refractivity contribution is -0.127. The number of nitrogens with one attached hydrogen (secondary N) is 3. The Hall–Kier alpha value is -1.86. The second-order valence-corrected chi connectivity index (χ2v) is 4.38. The van der Waals surface area contributed by atoms with Gasteiger partial charge in [-0.3, -0.25) is 9.59 Å². The summed E-state index contributed by atoms with van der Waals surface area (Å²) in [6.07, 6.45) is 0.456. The summed E-state index contributed by atoms with van der Waals surface area (Å²) in [7, 11) is 7.29. The molecule has 3 N–H and O–H groups in total. The highest BCUT2D eigenvalue weighted by Gasteiger charge is 2.06. The van der Waals surface area contributed by atoms with Gasteiger partial charge in [0, 0.05) is 12.2 Å². The molecule has 0 heterocycles. The fourth-order valence-corrected chi connectivity index (χ4v) is 1.50. The van der Waals surface area contributed by atoms with Crippen molar-refractivity contribution < 1.29 is 14.3 Å². The van der Waals surface area contributed by atoms with E-state index in [2.05, 4.69) is 16.0 Å². The van der Waals surface area contributed by atoms with Crippen LogP contribution in [0.1, 0.15) is 5.56 Å². The van der Waals surface area contributed by atoms with E-state index >= 15 is 0 Å². The number of hydrogen-bond acceptors (Lipinski definition) is 4. The average Bonchev–Trinajstić information content (AvgIpc) is 2.50. The first kappa shape index (κ1) is 17.2. The summed E-state index contributed by atoms with van der Waals surface area (Å²) < 4.78 is 5.09. The van der Waals surface area contributed by atoms with E-state index in [1.165, 1.54) is 0 Å². The van der Waals surface area contributed by atoms with Gasteiger partial charge in [0.25, 0.3) is 0 Å². The van der Waals surface area contributed by atoms with E-state index in [1.807, 2.05) is 12.1 Å². The van der Waals surface area contributed by atoms with Gasteiger partial charge in [-0.1, -0.05) is 24.0 Å². The molecule has 1 aromatic carbocycles. The van der Waals surface area contributed by atoms with Crippen LogP contribution in [0.4, 0.5) is 5.69 Å². The normalized spacial score (nSPS) is 10.1. The van der Waals surface area contributed by atoms with Gasteiger partial charge in [-0.2, -0.15) is 0 Å². The largest absolute Gasteiger partial charge is 0.370 e. The van der Waals surface area contributed by atoms with E-state index in [4.69, 9.17) is 12.6 Å². The molecule has 1 rings (SSSR count). The highest BCUT2D eigenvalue weighted by atomic mass is 16.5. The van der Waals surface area contributed by atoms with Crippen LogP contribution in [0.5, 0.6) is 0 Å². The van der Waals surface area contributed by atoms with Gasteiger partial charge >= 0.3 is 0 Å². The number of hydrogen-bond donors (Lipinski definition) is 3. The molecule has 7 heteroatoms. The molecule has 6 nitrogen and oxygen atoms in total. The Morgan fingerprint density at radius 3 is 2.52 bits per heavy atom. The Balaban J connectivity index is 2.22.